The van der Waals surface area contributed by atoms with Gasteiger partial charge in [-0.15, -0.1) is 0 Å². The van der Waals surface area contributed by atoms with Crippen molar-refractivity contribution in [3.8, 4) is 5.75 Å². The second kappa shape index (κ2) is 6.59. The minimum absolute atomic E-state index is 0.602. The van der Waals surface area contributed by atoms with Crippen LogP contribution in [0.1, 0.15) is 31.7 Å². The average molecular weight is 278 g/mol. The number of nitrogens with zero attached hydrogens (tertiary/aromatic N) is 4. The summed E-state index contributed by atoms with van der Waals surface area (Å²) >= 11 is 0. The Hall–Kier alpha value is -1.07. The predicted molar refractivity (Wildman–Crippen MR) is 79.2 cm³/mol. The number of rotatable bonds is 5. The number of likely N-dealkylation sites (N-methyl/N-ethyl adjacent to an activating group) is 1. The van der Waals surface area contributed by atoms with E-state index >= 15 is 0 Å². The van der Waals surface area contributed by atoms with Crippen LogP contribution in [0.25, 0.3) is 0 Å². The summed E-state index contributed by atoms with van der Waals surface area (Å²) in [5.41, 5.74) is 0. The second-order valence-electron chi connectivity index (χ2n) is 6.09. The minimum Gasteiger partial charge on any atom is -0.489 e. The van der Waals surface area contributed by atoms with Crippen molar-refractivity contribution >= 4 is 0 Å². The average Bonchev–Trinajstić information content (AvgIpc) is 3.11. The van der Waals surface area contributed by atoms with Crippen LogP contribution in [-0.2, 0) is 0 Å². The largest absolute Gasteiger partial charge is 0.489 e. The Kier molecular flexibility index (Phi) is 4.58. The number of hydrogen-bond acceptors (Lipinski definition) is 4. The Morgan fingerprint density at radius 2 is 1.95 bits per heavy atom. The molecule has 1 aromatic rings. The fourth-order valence-electron chi connectivity index (χ4n) is 3.13. The monoisotopic (exact) mass is 278 g/mol. The van der Waals surface area contributed by atoms with E-state index in [2.05, 4.69) is 32.8 Å². The van der Waals surface area contributed by atoms with Crippen LogP contribution in [0.15, 0.2) is 12.4 Å². The Bertz CT molecular complexity index is 406. The summed E-state index contributed by atoms with van der Waals surface area (Å²) in [5, 5.41) is 4.44. The third-order valence-corrected chi connectivity index (χ3v) is 4.55. The molecule has 2 aliphatic rings. The van der Waals surface area contributed by atoms with E-state index in [1.54, 1.807) is 0 Å². The molecular formula is C15H26N4O. The third-order valence-electron chi connectivity index (χ3n) is 4.55. The molecule has 5 heteroatoms. The van der Waals surface area contributed by atoms with Gasteiger partial charge in [0.15, 0.2) is 5.75 Å². The highest BCUT2D eigenvalue weighted by Gasteiger charge is 2.18. The summed E-state index contributed by atoms with van der Waals surface area (Å²) in [6, 6.07) is 0.602. The van der Waals surface area contributed by atoms with Gasteiger partial charge >= 0.3 is 0 Å². The SMILES string of the molecule is CN1CCN(CCOc2cnn(C3CCCC3)c2)CC1. The zero-order valence-electron chi connectivity index (χ0n) is 12.5. The fraction of sp³-hybridized carbons (Fsp3) is 0.800. The van der Waals surface area contributed by atoms with Crippen LogP contribution in [0, 0.1) is 0 Å². The lowest BCUT2D eigenvalue weighted by Gasteiger charge is -2.32. The Labute approximate surface area is 121 Å². The maximum atomic E-state index is 5.84. The maximum Gasteiger partial charge on any atom is 0.157 e. The van der Waals surface area contributed by atoms with Gasteiger partial charge in [0.2, 0.25) is 0 Å². The van der Waals surface area contributed by atoms with Crippen molar-refractivity contribution in [2.24, 2.45) is 0 Å². The summed E-state index contributed by atoms with van der Waals surface area (Å²) in [4.78, 5) is 4.85. The molecule has 2 fully saturated rings. The van der Waals surface area contributed by atoms with Crippen molar-refractivity contribution in [1.82, 2.24) is 19.6 Å². The number of piperazine rings is 1. The molecule has 1 aromatic heterocycles. The molecule has 2 heterocycles. The molecule has 0 unspecified atom stereocenters. The standard InChI is InChI=1S/C15H26N4O/c1-17-6-8-18(9-7-17)10-11-20-15-12-16-19(13-15)14-4-2-3-5-14/h12-14H,2-11H2,1H3. The summed E-state index contributed by atoms with van der Waals surface area (Å²) in [7, 11) is 2.19. The van der Waals surface area contributed by atoms with Crippen LogP contribution < -0.4 is 4.74 Å². The van der Waals surface area contributed by atoms with Crippen molar-refractivity contribution in [2.75, 3.05) is 46.4 Å². The van der Waals surface area contributed by atoms with Crippen LogP contribution in [0.2, 0.25) is 0 Å². The van der Waals surface area contributed by atoms with Gasteiger partial charge in [0.1, 0.15) is 6.61 Å². The van der Waals surface area contributed by atoms with Gasteiger partial charge in [0, 0.05) is 32.7 Å². The number of hydrogen-bond donors (Lipinski definition) is 0. The zero-order valence-corrected chi connectivity index (χ0v) is 12.5. The summed E-state index contributed by atoms with van der Waals surface area (Å²) in [5.74, 6) is 0.922. The highest BCUT2D eigenvalue weighted by atomic mass is 16.5. The van der Waals surface area contributed by atoms with Gasteiger partial charge in [-0.2, -0.15) is 5.10 Å². The van der Waals surface area contributed by atoms with Crippen molar-refractivity contribution in [3.63, 3.8) is 0 Å². The lowest BCUT2D eigenvalue weighted by atomic mass is 10.3. The van der Waals surface area contributed by atoms with Gasteiger partial charge < -0.3 is 9.64 Å². The molecule has 1 aliphatic carbocycles. The summed E-state index contributed by atoms with van der Waals surface area (Å²) < 4.78 is 7.93. The van der Waals surface area contributed by atoms with Gasteiger partial charge in [-0.25, -0.2) is 0 Å². The summed E-state index contributed by atoms with van der Waals surface area (Å²) in [6.07, 6.45) is 9.14. The van der Waals surface area contributed by atoms with E-state index in [0.29, 0.717) is 6.04 Å². The van der Waals surface area contributed by atoms with E-state index < -0.39 is 0 Å². The summed E-state index contributed by atoms with van der Waals surface area (Å²) in [6.45, 7) is 6.42. The first-order valence-corrected chi connectivity index (χ1v) is 7.89. The molecule has 3 rings (SSSR count). The first-order valence-electron chi connectivity index (χ1n) is 7.89. The van der Waals surface area contributed by atoms with E-state index in [1.165, 1.54) is 38.8 Å². The van der Waals surface area contributed by atoms with Crippen LogP contribution in [-0.4, -0.2) is 66.0 Å². The Balaban J connectivity index is 1.40. The van der Waals surface area contributed by atoms with E-state index in [0.717, 1.165) is 32.0 Å². The molecule has 0 spiro atoms. The van der Waals surface area contributed by atoms with Crippen LogP contribution in [0.4, 0.5) is 0 Å². The molecule has 1 saturated carbocycles. The molecule has 1 saturated heterocycles. The molecule has 20 heavy (non-hydrogen) atoms. The topological polar surface area (TPSA) is 33.5 Å². The van der Waals surface area contributed by atoms with Crippen molar-refractivity contribution in [1.29, 1.82) is 0 Å². The highest BCUT2D eigenvalue weighted by molar-refractivity contribution is 5.12. The second-order valence-corrected chi connectivity index (χ2v) is 6.09. The van der Waals surface area contributed by atoms with Gasteiger partial charge in [-0.05, 0) is 19.9 Å². The lowest BCUT2D eigenvalue weighted by molar-refractivity contribution is 0.133. The van der Waals surface area contributed by atoms with E-state index in [9.17, 15) is 0 Å². The fourth-order valence-corrected chi connectivity index (χ4v) is 3.13. The third kappa shape index (κ3) is 3.52. The zero-order chi connectivity index (χ0) is 13.8. The van der Waals surface area contributed by atoms with Crippen molar-refractivity contribution in [2.45, 2.75) is 31.7 Å². The molecule has 5 nitrogen and oxygen atoms in total. The molecular weight excluding hydrogens is 252 g/mol. The molecule has 0 bridgehead atoms. The molecule has 0 atom stereocenters. The first kappa shape index (κ1) is 13.9. The Morgan fingerprint density at radius 3 is 2.70 bits per heavy atom. The maximum absolute atomic E-state index is 5.84. The molecule has 0 aromatic carbocycles. The quantitative estimate of drug-likeness (QED) is 0.819. The smallest absolute Gasteiger partial charge is 0.157 e. The van der Waals surface area contributed by atoms with E-state index in [1.807, 2.05) is 6.20 Å². The van der Waals surface area contributed by atoms with Crippen LogP contribution in [0.5, 0.6) is 5.75 Å². The Morgan fingerprint density at radius 1 is 1.20 bits per heavy atom. The first-order chi connectivity index (χ1) is 9.81. The lowest BCUT2D eigenvalue weighted by Crippen LogP contribution is -2.45. The van der Waals surface area contributed by atoms with Crippen LogP contribution >= 0.6 is 0 Å². The molecule has 112 valence electrons. The van der Waals surface area contributed by atoms with E-state index in [4.69, 9.17) is 4.74 Å². The minimum atomic E-state index is 0.602. The van der Waals surface area contributed by atoms with Crippen molar-refractivity contribution < 1.29 is 4.74 Å². The predicted octanol–water partition coefficient (Wildman–Crippen LogP) is 1.62. The van der Waals surface area contributed by atoms with Gasteiger partial charge in [0.25, 0.3) is 0 Å². The number of ether oxygens (including phenoxy) is 1. The van der Waals surface area contributed by atoms with E-state index in [-0.39, 0.29) is 0 Å². The van der Waals surface area contributed by atoms with Gasteiger partial charge in [0.05, 0.1) is 18.4 Å². The molecule has 0 N–H and O–H groups in total. The van der Waals surface area contributed by atoms with Crippen LogP contribution in [0.3, 0.4) is 0 Å². The molecule has 0 amide bonds. The molecule has 1 aliphatic heterocycles. The van der Waals surface area contributed by atoms with Crippen molar-refractivity contribution in [3.05, 3.63) is 12.4 Å². The normalized spacial score (nSPS) is 22.4. The number of aromatic nitrogens is 2. The van der Waals surface area contributed by atoms with Gasteiger partial charge in [-0.1, -0.05) is 12.8 Å². The highest BCUT2D eigenvalue weighted by Crippen LogP contribution is 2.29. The molecule has 0 radical (unpaired) electrons. The van der Waals surface area contributed by atoms with Gasteiger partial charge in [-0.3, -0.25) is 9.58 Å².